The third kappa shape index (κ3) is 5.21. The van der Waals surface area contributed by atoms with Crippen LogP contribution < -0.4 is 10.1 Å². The molecule has 3 aromatic rings. The van der Waals surface area contributed by atoms with Crippen molar-refractivity contribution in [3.63, 3.8) is 0 Å². The number of aromatic nitrogens is 2. The summed E-state index contributed by atoms with van der Waals surface area (Å²) in [6, 6.07) is 17.6. The molecule has 1 aromatic heterocycles. The summed E-state index contributed by atoms with van der Waals surface area (Å²) in [6.45, 7) is 0.355. The average molecular weight is 367 g/mol. The van der Waals surface area contributed by atoms with E-state index in [1.807, 2.05) is 42.5 Å². The van der Waals surface area contributed by atoms with Crippen LogP contribution in [0.4, 0.5) is 5.82 Å². The minimum atomic E-state index is -0.636. The second-order valence-electron chi connectivity index (χ2n) is 5.69. The Labute approximate surface area is 157 Å². The highest BCUT2D eigenvalue weighted by molar-refractivity contribution is 7.98. The first-order valence-corrected chi connectivity index (χ1v) is 9.28. The topological polar surface area (TPSA) is 67.3 Å². The minimum Gasteiger partial charge on any atom is -0.497 e. The number of anilines is 1. The quantitative estimate of drug-likeness (QED) is 0.588. The van der Waals surface area contributed by atoms with Gasteiger partial charge in [-0.25, -0.2) is 4.98 Å². The molecule has 2 N–H and O–H groups in total. The molecular formula is C20H21N3O2S. The highest BCUT2D eigenvalue weighted by Gasteiger charge is 2.08. The molecule has 0 aliphatic heterocycles. The number of thioether (sulfide) groups is 1. The van der Waals surface area contributed by atoms with Crippen LogP contribution in [0.3, 0.4) is 0 Å². The van der Waals surface area contributed by atoms with Crippen LogP contribution in [0.1, 0.15) is 17.2 Å². The van der Waals surface area contributed by atoms with E-state index in [4.69, 9.17) is 4.74 Å². The Hall–Kier alpha value is -2.57. The number of hydrogen-bond donors (Lipinski definition) is 2. The molecule has 0 spiro atoms. The highest BCUT2D eigenvalue weighted by Crippen LogP contribution is 2.22. The predicted molar refractivity (Wildman–Crippen MR) is 104 cm³/mol. The zero-order valence-corrected chi connectivity index (χ0v) is 15.3. The molecule has 134 valence electrons. The Bertz CT molecular complexity index is 813. The standard InChI is InChI=1S/C20H21N3O2S/c1-25-17-9-7-16(8-10-17)18(24)11-22-19-12-21-13-20(23-19)26-14-15-5-3-2-4-6-15/h2-10,12-13,18,24H,11,14H2,1H3,(H,22,23)/t18-/m0/s1. The van der Waals surface area contributed by atoms with Gasteiger partial charge in [-0.15, -0.1) is 11.8 Å². The van der Waals surface area contributed by atoms with E-state index in [1.54, 1.807) is 31.3 Å². The first-order valence-electron chi connectivity index (χ1n) is 8.29. The van der Waals surface area contributed by atoms with Crippen molar-refractivity contribution in [2.45, 2.75) is 16.9 Å². The highest BCUT2D eigenvalue weighted by atomic mass is 32.2. The van der Waals surface area contributed by atoms with E-state index in [9.17, 15) is 5.11 Å². The summed E-state index contributed by atoms with van der Waals surface area (Å²) in [4.78, 5) is 8.77. The van der Waals surface area contributed by atoms with Gasteiger partial charge in [0, 0.05) is 12.3 Å². The Balaban J connectivity index is 1.54. The third-order valence-electron chi connectivity index (χ3n) is 3.82. The van der Waals surface area contributed by atoms with Gasteiger partial charge in [0.2, 0.25) is 0 Å². The average Bonchev–Trinajstić information content (AvgIpc) is 2.71. The number of hydrogen-bond acceptors (Lipinski definition) is 6. The van der Waals surface area contributed by atoms with Gasteiger partial charge >= 0.3 is 0 Å². The number of aliphatic hydroxyl groups is 1. The Morgan fingerprint density at radius 2 is 1.85 bits per heavy atom. The van der Waals surface area contributed by atoms with Crippen LogP contribution in [-0.2, 0) is 5.75 Å². The fourth-order valence-electron chi connectivity index (χ4n) is 2.38. The van der Waals surface area contributed by atoms with Crippen LogP contribution in [-0.4, -0.2) is 28.7 Å². The first-order chi connectivity index (χ1) is 12.7. The first kappa shape index (κ1) is 18.2. The summed E-state index contributed by atoms with van der Waals surface area (Å²) >= 11 is 1.63. The van der Waals surface area contributed by atoms with Crippen molar-refractivity contribution in [3.8, 4) is 5.75 Å². The number of ether oxygens (including phenoxy) is 1. The van der Waals surface area contributed by atoms with Crippen molar-refractivity contribution < 1.29 is 9.84 Å². The molecule has 0 radical (unpaired) electrons. The summed E-state index contributed by atoms with van der Waals surface area (Å²) < 4.78 is 5.13. The molecule has 1 heterocycles. The van der Waals surface area contributed by atoms with E-state index in [1.165, 1.54) is 5.56 Å². The van der Waals surface area contributed by atoms with Crippen molar-refractivity contribution >= 4 is 17.6 Å². The Morgan fingerprint density at radius 3 is 2.58 bits per heavy atom. The lowest BCUT2D eigenvalue weighted by Crippen LogP contribution is -2.13. The van der Waals surface area contributed by atoms with Crippen LogP contribution in [0.5, 0.6) is 5.75 Å². The SMILES string of the molecule is COc1ccc([C@@H](O)CNc2cncc(SCc3ccccc3)n2)cc1. The third-order valence-corrected chi connectivity index (χ3v) is 4.79. The second-order valence-corrected chi connectivity index (χ2v) is 6.68. The smallest absolute Gasteiger partial charge is 0.145 e. The maximum Gasteiger partial charge on any atom is 0.145 e. The van der Waals surface area contributed by atoms with Gasteiger partial charge < -0.3 is 15.2 Å². The maximum atomic E-state index is 10.3. The number of nitrogens with one attached hydrogen (secondary N) is 1. The van der Waals surface area contributed by atoms with Gasteiger partial charge in [0.25, 0.3) is 0 Å². The van der Waals surface area contributed by atoms with Gasteiger partial charge in [0.1, 0.15) is 16.6 Å². The Kier molecular flexibility index (Phi) is 6.46. The summed E-state index contributed by atoms with van der Waals surface area (Å²) in [5, 5.41) is 14.3. The van der Waals surface area contributed by atoms with Crippen LogP contribution in [0, 0.1) is 0 Å². The molecule has 0 unspecified atom stereocenters. The largest absolute Gasteiger partial charge is 0.497 e. The van der Waals surface area contributed by atoms with Gasteiger partial charge in [0.05, 0.1) is 25.6 Å². The summed E-state index contributed by atoms with van der Waals surface area (Å²) in [7, 11) is 1.62. The van der Waals surface area contributed by atoms with Crippen molar-refractivity contribution in [2.75, 3.05) is 19.0 Å². The van der Waals surface area contributed by atoms with E-state index in [0.29, 0.717) is 12.4 Å². The van der Waals surface area contributed by atoms with E-state index in [0.717, 1.165) is 22.1 Å². The van der Waals surface area contributed by atoms with Gasteiger partial charge in [-0.3, -0.25) is 4.98 Å². The molecular weight excluding hydrogens is 346 g/mol. The van der Waals surface area contributed by atoms with Crippen LogP contribution in [0.25, 0.3) is 0 Å². The van der Waals surface area contributed by atoms with Crippen molar-refractivity contribution in [1.82, 2.24) is 9.97 Å². The van der Waals surface area contributed by atoms with E-state index < -0.39 is 6.10 Å². The monoisotopic (exact) mass is 367 g/mol. The molecule has 3 rings (SSSR count). The molecule has 5 nitrogen and oxygen atoms in total. The Morgan fingerprint density at radius 1 is 1.08 bits per heavy atom. The number of rotatable bonds is 8. The molecule has 2 aromatic carbocycles. The van der Waals surface area contributed by atoms with E-state index in [-0.39, 0.29) is 0 Å². The van der Waals surface area contributed by atoms with E-state index >= 15 is 0 Å². The lowest BCUT2D eigenvalue weighted by molar-refractivity contribution is 0.191. The molecule has 6 heteroatoms. The number of nitrogens with zero attached hydrogens (tertiary/aromatic N) is 2. The van der Waals surface area contributed by atoms with Gasteiger partial charge in [-0.2, -0.15) is 0 Å². The molecule has 0 saturated heterocycles. The molecule has 0 fully saturated rings. The van der Waals surface area contributed by atoms with Crippen LogP contribution in [0.15, 0.2) is 72.0 Å². The summed E-state index contributed by atoms with van der Waals surface area (Å²) in [6.07, 6.45) is 2.77. The predicted octanol–water partition coefficient (Wildman–Crippen LogP) is 3.92. The molecule has 0 aliphatic carbocycles. The maximum absolute atomic E-state index is 10.3. The number of benzene rings is 2. The normalized spacial score (nSPS) is 11.8. The zero-order chi connectivity index (χ0) is 18.2. The molecule has 0 saturated carbocycles. The lowest BCUT2D eigenvalue weighted by atomic mass is 10.1. The molecule has 26 heavy (non-hydrogen) atoms. The zero-order valence-electron chi connectivity index (χ0n) is 14.5. The van der Waals surface area contributed by atoms with Crippen molar-refractivity contribution in [3.05, 3.63) is 78.1 Å². The van der Waals surface area contributed by atoms with E-state index in [2.05, 4.69) is 27.4 Å². The van der Waals surface area contributed by atoms with Gasteiger partial charge in [0.15, 0.2) is 0 Å². The second kappa shape index (κ2) is 9.22. The lowest BCUT2D eigenvalue weighted by Gasteiger charge is -2.13. The molecule has 1 atom stereocenters. The van der Waals surface area contributed by atoms with Gasteiger partial charge in [-0.05, 0) is 23.3 Å². The van der Waals surface area contributed by atoms with Crippen molar-refractivity contribution in [2.24, 2.45) is 0 Å². The number of methoxy groups -OCH3 is 1. The fraction of sp³-hybridized carbons (Fsp3) is 0.200. The molecule has 0 aliphatic rings. The molecule has 0 amide bonds. The fourth-order valence-corrected chi connectivity index (χ4v) is 3.18. The summed E-state index contributed by atoms with van der Waals surface area (Å²) in [5.41, 5.74) is 2.06. The van der Waals surface area contributed by atoms with Gasteiger partial charge in [-0.1, -0.05) is 42.5 Å². The molecule has 0 bridgehead atoms. The van der Waals surface area contributed by atoms with Crippen LogP contribution in [0.2, 0.25) is 0 Å². The number of aliphatic hydroxyl groups excluding tert-OH is 1. The van der Waals surface area contributed by atoms with Crippen LogP contribution >= 0.6 is 11.8 Å². The summed E-state index contributed by atoms with van der Waals surface area (Å²) in [5.74, 6) is 2.26. The minimum absolute atomic E-state index is 0.355. The van der Waals surface area contributed by atoms with Crippen molar-refractivity contribution in [1.29, 1.82) is 0 Å².